The molecule has 0 fully saturated rings. The van der Waals surface area contributed by atoms with Crippen molar-refractivity contribution in [1.29, 1.82) is 0 Å². The minimum absolute atomic E-state index is 0.0984. The van der Waals surface area contributed by atoms with Crippen LogP contribution in [0.4, 0.5) is 32.0 Å². The fraction of sp³-hybridized carbons (Fsp3) is 0.200. The largest absolute Gasteiger partial charge is 0.517 e. The van der Waals surface area contributed by atoms with E-state index >= 15 is 0 Å². The Morgan fingerprint density at radius 3 is 1.69 bits per heavy atom. The van der Waals surface area contributed by atoms with Crippen LogP contribution in [0.2, 0.25) is 15.1 Å². The first-order valence-electron chi connectivity index (χ1n) is 6.17. The van der Waals surface area contributed by atoms with E-state index in [1.807, 2.05) is 0 Å². The molecule has 1 aromatic rings. The van der Waals surface area contributed by atoms with Crippen LogP contribution in [0.3, 0.4) is 0 Å². The molecule has 2 amide bonds. The molecule has 0 bridgehead atoms. The summed E-state index contributed by atoms with van der Waals surface area (Å²) in [6.45, 7) is 0. The molecule has 8 nitrogen and oxygen atoms in total. The number of sulfonamides is 2. The monoisotopic (exact) mass is 530 g/mol. The zero-order valence-corrected chi connectivity index (χ0v) is 16.7. The summed E-state index contributed by atoms with van der Waals surface area (Å²) in [7, 11) is -13.4. The van der Waals surface area contributed by atoms with Crippen LogP contribution in [0.15, 0.2) is 12.1 Å². The number of carbonyl (C=O) groups is 2. The van der Waals surface area contributed by atoms with Gasteiger partial charge in [-0.1, -0.05) is 34.8 Å². The Kier molecular flexibility index (Phi) is 7.03. The average Bonchev–Trinajstić information content (AvgIpc) is 2.49. The van der Waals surface area contributed by atoms with E-state index in [-0.39, 0.29) is 10.8 Å². The van der Waals surface area contributed by atoms with Gasteiger partial charge in [-0.3, -0.25) is 9.59 Å². The molecule has 164 valence electrons. The average molecular weight is 532 g/mol. The molecule has 1 aromatic carbocycles. The number of nitrogens with one attached hydrogen (secondary N) is 1. The predicted molar refractivity (Wildman–Crippen MR) is 87.1 cm³/mol. The zero-order valence-electron chi connectivity index (χ0n) is 12.8. The number of hydrogen-bond donors (Lipinski definition) is 1. The van der Waals surface area contributed by atoms with E-state index in [0.29, 0.717) is 6.07 Å². The van der Waals surface area contributed by atoms with E-state index in [2.05, 4.69) is 0 Å². The molecule has 0 heterocycles. The van der Waals surface area contributed by atoms with Crippen LogP contribution >= 0.6 is 34.8 Å². The third-order valence-corrected chi connectivity index (χ3v) is 6.17. The first kappa shape index (κ1) is 25.5. The summed E-state index contributed by atoms with van der Waals surface area (Å²) >= 11 is 16.5. The first-order valence-corrected chi connectivity index (χ1v) is 10.2. The van der Waals surface area contributed by atoms with Gasteiger partial charge in [0.1, 0.15) is 0 Å². The highest BCUT2D eigenvalue weighted by Crippen LogP contribution is 2.39. The van der Waals surface area contributed by atoms with Gasteiger partial charge in [0, 0.05) is 0 Å². The van der Waals surface area contributed by atoms with Gasteiger partial charge in [0.2, 0.25) is 0 Å². The van der Waals surface area contributed by atoms with Gasteiger partial charge >= 0.3 is 42.9 Å². The molecule has 19 heteroatoms. The van der Waals surface area contributed by atoms with Crippen molar-refractivity contribution in [1.82, 2.24) is 4.72 Å². The minimum Gasteiger partial charge on any atom is -0.262 e. The number of anilines is 1. The molecule has 0 radical (unpaired) electrons. The first-order chi connectivity index (χ1) is 12.7. The molecule has 0 aromatic heterocycles. The fourth-order valence-corrected chi connectivity index (χ4v) is 3.48. The Morgan fingerprint density at radius 2 is 1.28 bits per heavy atom. The third-order valence-electron chi connectivity index (χ3n) is 2.65. The number of hydrogen-bond acceptors (Lipinski definition) is 6. The summed E-state index contributed by atoms with van der Waals surface area (Å²) in [5.74, 6) is -5.78. The topological polar surface area (TPSA) is 118 Å². The van der Waals surface area contributed by atoms with Crippen molar-refractivity contribution in [3.63, 3.8) is 0 Å². The molecule has 0 aliphatic rings. The molecule has 0 atom stereocenters. The van der Waals surface area contributed by atoms with Crippen LogP contribution in [0.5, 0.6) is 0 Å². The SMILES string of the molecule is O=C(NS(=O)(=O)C(F)(F)F)C(=O)N(c1cc(Cl)c(Cl)cc1Cl)S(=O)(=O)C(F)(F)F. The molecule has 29 heavy (non-hydrogen) atoms. The highest BCUT2D eigenvalue weighted by Gasteiger charge is 2.55. The molecule has 1 N–H and O–H groups in total. The highest BCUT2D eigenvalue weighted by molar-refractivity contribution is 7.94. The Hall–Kier alpha value is -1.49. The standard InChI is InChI=1S/C10H3Cl3F6N2O6S2/c11-3-1-5(13)6(2-4(3)12)21(29(26,27)10(17,18)19)8(23)7(22)20-28(24,25)9(14,15)16/h1-2H,(H,20,22). The van der Waals surface area contributed by atoms with Gasteiger partial charge < -0.3 is 0 Å². The Morgan fingerprint density at radius 1 is 0.828 bits per heavy atom. The maximum absolute atomic E-state index is 12.9. The predicted octanol–water partition coefficient (Wildman–Crippen LogP) is 2.80. The van der Waals surface area contributed by atoms with Gasteiger partial charge in [0.25, 0.3) is 0 Å². The van der Waals surface area contributed by atoms with Gasteiger partial charge in [0.05, 0.1) is 20.8 Å². The van der Waals surface area contributed by atoms with Crippen molar-refractivity contribution in [2.75, 3.05) is 4.31 Å². The zero-order chi connectivity index (χ0) is 23.2. The number of halogens is 9. The van der Waals surface area contributed by atoms with Crippen LogP contribution in [-0.4, -0.2) is 39.7 Å². The molecule has 0 aliphatic carbocycles. The maximum Gasteiger partial charge on any atom is 0.517 e. The molecule has 0 spiro atoms. The third kappa shape index (κ3) is 5.17. The molecular formula is C10H3Cl3F6N2O6S2. The molecular weight excluding hydrogens is 529 g/mol. The highest BCUT2D eigenvalue weighted by atomic mass is 35.5. The van der Waals surface area contributed by atoms with E-state index in [9.17, 15) is 52.8 Å². The lowest BCUT2D eigenvalue weighted by Gasteiger charge is -2.24. The van der Waals surface area contributed by atoms with Crippen LogP contribution in [0.1, 0.15) is 0 Å². The van der Waals surface area contributed by atoms with E-state index in [1.165, 1.54) is 0 Å². The Labute approximate surface area is 172 Å². The summed E-state index contributed by atoms with van der Waals surface area (Å²) in [5.41, 5.74) is -13.9. The second kappa shape index (κ2) is 7.98. The molecule has 1 rings (SSSR count). The van der Waals surface area contributed by atoms with Crippen LogP contribution in [-0.2, 0) is 29.6 Å². The second-order valence-electron chi connectivity index (χ2n) is 4.62. The number of amides is 2. The maximum atomic E-state index is 12.9. The minimum atomic E-state index is -6.82. The van der Waals surface area contributed by atoms with Gasteiger partial charge in [-0.05, 0) is 12.1 Å². The Balaban J connectivity index is 3.66. The van der Waals surface area contributed by atoms with Gasteiger partial charge in [-0.25, -0.2) is 4.72 Å². The number of rotatable bonds is 3. The smallest absolute Gasteiger partial charge is 0.262 e. The lowest BCUT2D eigenvalue weighted by molar-refractivity contribution is -0.136. The summed E-state index contributed by atoms with van der Waals surface area (Å²) in [6.07, 6.45) is 0. The summed E-state index contributed by atoms with van der Waals surface area (Å²) < 4.78 is 120. The van der Waals surface area contributed by atoms with Crippen molar-refractivity contribution in [2.24, 2.45) is 0 Å². The Bertz CT molecular complexity index is 1070. The fourth-order valence-electron chi connectivity index (χ4n) is 1.44. The van der Waals surface area contributed by atoms with E-state index < -0.39 is 67.9 Å². The summed E-state index contributed by atoms with van der Waals surface area (Å²) in [5, 5.41) is -2.13. The normalized spacial score (nSPS) is 13.1. The van der Waals surface area contributed by atoms with Gasteiger partial charge in [-0.2, -0.15) is 47.5 Å². The van der Waals surface area contributed by atoms with Crippen molar-refractivity contribution < 1.29 is 52.8 Å². The van der Waals surface area contributed by atoms with E-state index in [0.717, 1.165) is 0 Å². The summed E-state index contributed by atoms with van der Waals surface area (Å²) in [6, 6.07) is 0.830. The lowest BCUT2D eigenvalue weighted by atomic mass is 10.3. The van der Waals surface area contributed by atoms with Crippen molar-refractivity contribution in [3.8, 4) is 0 Å². The van der Waals surface area contributed by atoms with Gasteiger partial charge in [-0.15, -0.1) is 0 Å². The van der Waals surface area contributed by atoms with Crippen LogP contribution in [0, 0.1) is 0 Å². The van der Waals surface area contributed by atoms with Gasteiger partial charge in [0.15, 0.2) is 0 Å². The lowest BCUT2D eigenvalue weighted by Crippen LogP contribution is -2.53. The van der Waals surface area contributed by atoms with Crippen molar-refractivity contribution in [3.05, 3.63) is 27.2 Å². The quantitative estimate of drug-likeness (QED) is 0.364. The van der Waals surface area contributed by atoms with Crippen molar-refractivity contribution in [2.45, 2.75) is 11.0 Å². The molecule has 0 saturated carbocycles. The van der Waals surface area contributed by atoms with Crippen LogP contribution in [0.25, 0.3) is 0 Å². The van der Waals surface area contributed by atoms with Crippen LogP contribution < -0.4 is 9.03 Å². The summed E-state index contributed by atoms with van der Waals surface area (Å²) in [4.78, 5) is 23.5. The van der Waals surface area contributed by atoms with E-state index in [1.54, 1.807) is 0 Å². The second-order valence-corrected chi connectivity index (χ2v) is 9.29. The van der Waals surface area contributed by atoms with Crippen molar-refractivity contribution >= 4 is 72.4 Å². The molecule has 0 aliphatic heterocycles. The number of carbonyl (C=O) groups excluding carboxylic acids is 2. The number of benzene rings is 1. The number of nitrogens with zero attached hydrogens (tertiary/aromatic N) is 1. The molecule has 0 unspecified atom stereocenters. The van der Waals surface area contributed by atoms with E-state index in [4.69, 9.17) is 34.8 Å². The number of alkyl halides is 6. The molecule has 0 saturated heterocycles.